The van der Waals surface area contributed by atoms with E-state index in [4.69, 9.17) is 5.73 Å². The van der Waals surface area contributed by atoms with E-state index < -0.39 is 0 Å². The first-order chi connectivity index (χ1) is 9.13. The van der Waals surface area contributed by atoms with Gasteiger partial charge in [0.15, 0.2) is 0 Å². The minimum Gasteiger partial charge on any atom is -0.377 e. The second-order valence-corrected chi connectivity index (χ2v) is 6.52. The van der Waals surface area contributed by atoms with Gasteiger partial charge in [-0.2, -0.15) is 0 Å². The largest absolute Gasteiger partial charge is 0.377 e. The fourth-order valence-corrected chi connectivity index (χ4v) is 3.84. The van der Waals surface area contributed by atoms with E-state index in [0.717, 1.165) is 12.2 Å². The highest BCUT2D eigenvalue weighted by molar-refractivity contribution is 9.10. The van der Waals surface area contributed by atoms with Gasteiger partial charge in [0.05, 0.1) is 10.0 Å². The van der Waals surface area contributed by atoms with Gasteiger partial charge in [-0.05, 0) is 66.0 Å². The number of piperidine rings is 3. The van der Waals surface area contributed by atoms with E-state index in [0.29, 0.717) is 16.9 Å². The number of fused-ring (bicyclic) bond motifs is 3. The van der Waals surface area contributed by atoms with Crippen LogP contribution in [0.1, 0.15) is 12.8 Å². The zero-order valence-corrected chi connectivity index (χ0v) is 12.4. The number of anilines is 1. The van der Waals surface area contributed by atoms with Crippen LogP contribution in [-0.4, -0.2) is 36.6 Å². The molecule has 104 valence electrons. The van der Waals surface area contributed by atoms with Crippen molar-refractivity contribution in [2.45, 2.75) is 18.4 Å². The van der Waals surface area contributed by atoms with Crippen LogP contribution in [0.5, 0.6) is 0 Å². The molecule has 0 spiro atoms. The van der Waals surface area contributed by atoms with Crippen LogP contribution in [0.25, 0.3) is 0 Å². The summed E-state index contributed by atoms with van der Waals surface area (Å²) in [5.41, 5.74) is 6.94. The molecule has 5 heteroatoms. The third kappa shape index (κ3) is 2.39. The van der Waals surface area contributed by atoms with Gasteiger partial charge in [0, 0.05) is 18.8 Å². The van der Waals surface area contributed by atoms with Crippen molar-refractivity contribution in [1.82, 2.24) is 4.90 Å². The number of nitrogens with one attached hydrogen (secondary N) is 1. The molecule has 1 unspecified atom stereocenters. The number of halogens is 2. The Kier molecular flexibility index (Phi) is 3.53. The Morgan fingerprint density at radius 1 is 1.42 bits per heavy atom. The third-order valence-corrected chi connectivity index (χ3v) is 5.16. The highest BCUT2D eigenvalue weighted by atomic mass is 79.9. The van der Waals surface area contributed by atoms with Crippen molar-refractivity contribution < 1.29 is 4.39 Å². The van der Waals surface area contributed by atoms with Gasteiger partial charge in [0.2, 0.25) is 0 Å². The van der Waals surface area contributed by atoms with Crippen molar-refractivity contribution in [2.75, 3.05) is 31.5 Å². The molecule has 0 aromatic heterocycles. The summed E-state index contributed by atoms with van der Waals surface area (Å²) in [5.74, 6) is 0.382. The summed E-state index contributed by atoms with van der Waals surface area (Å²) in [6.07, 6.45) is 2.40. The molecule has 3 nitrogen and oxygen atoms in total. The first-order valence-electron chi connectivity index (χ1n) is 6.79. The van der Waals surface area contributed by atoms with Crippen molar-refractivity contribution in [3.05, 3.63) is 28.5 Å². The molecule has 2 bridgehead atoms. The molecule has 1 aromatic carbocycles. The number of hydrogen-bond acceptors (Lipinski definition) is 3. The lowest BCUT2D eigenvalue weighted by atomic mass is 9.72. The minimum atomic E-state index is -0.235. The Balaban J connectivity index is 1.85. The Morgan fingerprint density at radius 3 is 2.68 bits per heavy atom. The topological polar surface area (TPSA) is 41.3 Å². The van der Waals surface area contributed by atoms with Gasteiger partial charge >= 0.3 is 0 Å². The van der Waals surface area contributed by atoms with Gasteiger partial charge in [0.25, 0.3) is 0 Å². The second-order valence-electron chi connectivity index (χ2n) is 5.66. The number of benzene rings is 1. The van der Waals surface area contributed by atoms with Crippen LogP contribution >= 0.6 is 15.9 Å². The van der Waals surface area contributed by atoms with Crippen molar-refractivity contribution in [2.24, 2.45) is 11.7 Å². The van der Waals surface area contributed by atoms with Crippen LogP contribution in [0.15, 0.2) is 22.7 Å². The van der Waals surface area contributed by atoms with Gasteiger partial charge in [-0.3, -0.25) is 0 Å². The highest BCUT2D eigenvalue weighted by Gasteiger charge is 2.45. The van der Waals surface area contributed by atoms with E-state index in [9.17, 15) is 4.39 Å². The molecule has 1 atom stereocenters. The predicted octanol–water partition coefficient (Wildman–Crippen LogP) is 2.42. The summed E-state index contributed by atoms with van der Waals surface area (Å²) < 4.78 is 13.8. The SMILES string of the molecule is NCC1(Nc2ccc(F)c(Br)c2)CN2CCC1CC2. The fourth-order valence-electron chi connectivity index (χ4n) is 3.46. The first-order valence-corrected chi connectivity index (χ1v) is 7.58. The zero-order valence-electron chi connectivity index (χ0n) is 10.8. The normalized spacial score (nSPS) is 33.4. The van der Waals surface area contributed by atoms with E-state index in [-0.39, 0.29) is 11.4 Å². The summed E-state index contributed by atoms with van der Waals surface area (Å²) in [7, 11) is 0. The lowest BCUT2D eigenvalue weighted by Crippen LogP contribution is -2.66. The third-order valence-electron chi connectivity index (χ3n) is 4.55. The molecule has 19 heavy (non-hydrogen) atoms. The second kappa shape index (κ2) is 5.04. The monoisotopic (exact) mass is 327 g/mol. The quantitative estimate of drug-likeness (QED) is 0.895. The predicted molar refractivity (Wildman–Crippen MR) is 78.7 cm³/mol. The maximum Gasteiger partial charge on any atom is 0.137 e. The van der Waals surface area contributed by atoms with Gasteiger partial charge in [-0.15, -0.1) is 0 Å². The molecule has 0 amide bonds. The fraction of sp³-hybridized carbons (Fsp3) is 0.571. The Morgan fingerprint density at radius 2 is 2.16 bits per heavy atom. The van der Waals surface area contributed by atoms with E-state index in [2.05, 4.69) is 26.1 Å². The van der Waals surface area contributed by atoms with E-state index in [1.54, 1.807) is 12.1 Å². The van der Waals surface area contributed by atoms with Crippen molar-refractivity contribution in [1.29, 1.82) is 0 Å². The minimum absolute atomic E-state index is 0.0617. The number of hydrogen-bond donors (Lipinski definition) is 2. The van der Waals surface area contributed by atoms with E-state index in [1.165, 1.54) is 32.0 Å². The van der Waals surface area contributed by atoms with Crippen LogP contribution in [0, 0.1) is 11.7 Å². The molecule has 0 aliphatic carbocycles. The van der Waals surface area contributed by atoms with Crippen LogP contribution in [0.3, 0.4) is 0 Å². The van der Waals surface area contributed by atoms with Gasteiger partial charge in [0.1, 0.15) is 5.82 Å². The molecule has 3 saturated heterocycles. The molecule has 3 aliphatic heterocycles. The molecule has 4 rings (SSSR count). The van der Waals surface area contributed by atoms with E-state index >= 15 is 0 Å². The average Bonchev–Trinajstić information content (AvgIpc) is 2.44. The van der Waals surface area contributed by atoms with Gasteiger partial charge in [-0.25, -0.2) is 4.39 Å². The molecule has 3 aliphatic rings. The van der Waals surface area contributed by atoms with Crippen LogP contribution in [0.4, 0.5) is 10.1 Å². The van der Waals surface area contributed by atoms with Crippen molar-refractivity contribution in [3.63, 3.8) is 0 Å². The van der Waals surface area contributed by atoms with Crippen LogP contribution in [0.2, 0.25) is 0 Å². The summed E-state index contributed by atoms with van der Waals surface area (Å²) >= 11 is 3.23. The van der Waals surface area contributed by atoms with Gasteiger partial charge < -0.3 is 16.0 Å². The smallest absolute Gasteiger partial charge is 0.137 e. The number of nitrogens with zero attached hydrogens (tertiary/aromatic N) is 1. The van der Waals surface area contributed by atoms with Crippen LogP contribution in [-0.2, 0) is 0 Å². The molecule has 1 aromatic rings. The molecular formula is C14H19BrFN3. The molecule has 3 N–H and O–H groups in total. The Labute approximate surface area is 121 Å². The Hall–Kier alpha value is -0.650. The maximum atomic E-state index is 13.3. The van der Waals surface area contributed by atoms with Crippen molar-refractivity contribution >= 4 is 21.6 Å². The van der Waals surface area contributed by atoms with Crippen LogP contribution < -0.4 is 11.1 Å². The number of nitrogens with two attached hydrogens (primary N) is 1. The lowest BCUT2D eigenvalue weighted by molar-refractivity contribution is 0.0449. The molecular weight excluding hydrogens is 309 g/mol. The summed E-state index contributed by atoms with van der Waals surface area (Å²) in [4.78, 5) is 2.47. The van der Waals surface area contributed by atoms with E-state index in [1.807, 2.05) is 0 Å². The maximum absolute atomic E-state index is 13.3. The lowest BCUT2D eigenvalue weighted by Gasteiger charge is -2.53. The first kappa shape index (κ1) is 13.3. The summed E-state index contributed by atoms with van der Waals surface area (Å²) in [6, 6.07) is 5.07. The van der Waals surface area contributed by atoms with Gasteiger partial charge in [-0.1, -0.05) is 0 Å². The average molecular weight is 328 g/mol. The summed E-state index contributed by atoms with van der Waals surface area (Å²) in [6.45, 7) is 3.97. The molecule has 3 fully saturated rings. The Bertz CT molecular complexity index is 474. The standard InChI is InChI=1S/C14H19BrFN3/c15-12-7-11(1-2-13(12)16)18-14(8-17)9-19-5-3-10(14)4-6-19/h1-2,7,10,18H,3-6,8-9,17H2. The molecule has 0 radical (unpaired) electrons. The molecule has 3 heterocycles. The summed E-state index contributed by atoms with van der Waals surface area (Å²) in [5, 5.41) is 3.58. The van der Waals surface area contributed by atoms with Crippen molar-refractivity contribution in [3.8, 4) is 0 Å². The number of rotatable bonds is 3. The highest BCUT2D eigenvalue weighted by Crippen LogP contribution is 2.37. The zero-order chi connectivity index (χ0) is 13.5. The molecule has 0 saturated carbocycles.